The maximum atomic E-state index is 5.99. The molecule has 5 rings (SSSR count). The second-order valence-corrected chi connectivity index (χ2v) is 8.65. The fourth-order valence-electron chi connectivity index (χ4n) is 3.63. The van der Waals surface area contributed by atoms with E-state index in [9.17, 15) is 0 Å². The highest BCUT2D eigenvalue weighted by molar-refractivity contribution is 7.10. The van der Waals surface area contributed by atoms with Crippen LogP contribution in [-0.2, 0) is 6.54 Å². The van der Waals surface area contributed by atoms with Gasteiger partial charge in [-0.3, -0.25) is 0 Å². The van der Waals surface area contributed by atoms with Crippen LogP contribution in [0.4, 0.5) is 11.8 Å². The zero-order chi connectivity index (χ0) is 19.8. The summed E-state index contributed by atoms with van der Waals surface area (Å²) in [4.78, 5) is 19.9. The first kappa shape index (κ1) is 18.4. The van der Waals surface area contributed by atoms with Crippen LogP contribution in [0.25, 0.3) is 22.3 Å². The maximum absolute atomic E-state index is 5.99. The molecule has 0 unspecified atom stereocenters. The highest BCUT2D eigenvalue weighted by Gasteiger charge is 2.18. The molecule has 1 aromatic carbocycles. The van der Waals surface area contributed by atoms with E-state index in [4.69, 9.17) is 26.6 Å². The number of anilines is 2. The predicted molar refractivity (Wildman–Crippen MR) is 120 cm³/mol. The number of rotatable bonds is 5. The SMILES string of the molecule is Cc1cc2c(NCc3nc(-c4ccc(Cl)cc4)cs3)nc(N3CCCC3)nc2[nH]1. The van der Waals surface area contributed by atoms with Crippen molar-refractivity contribution in [2.75, 3.05) is 23.3 Å². The number of aromatic nitrogens is 4. The molecule has 148 valence electrons. The average molecular weight is 425 g/mol. The van der Waals surface area contributed by atoms with Crippen LogP contribution in [0.15, 0.2) is 35.7 Å². The summed E-state index contributed by atoms with van der Waals surface area (Å²) in [6.07, 6.45) is 2.39. The standard InChI is InChI=1S/C21H21ClN6S/c1-13-10-16-19(26-21(27-20(16)24-13)28-8-2-3-9-28)23-11-18-25-17(12-29-18)14-4-6-15(22)7-5-14/h4-7,10,12H,2-3,8-9,11H2,1H3,(H2,23,24,26,27). The zero-order valence-corrected chi connectivity index (χ0v) is 17.6. The van der Waals surface area contributed by atoms with Gasteiger partial charge in [-0.25, -0.2) is 4.98 Å². The van der Waals surface area contributed by atoms with Gasteiger partial charge in [0.1, 0.15) is 16.5 Å². The second kappa shape index (κ2) is 7.65. The Labute approximate surface area is 178 Å². The topological polar surface area (TPSA) is 69.7 Å². The van der Waals surface area contributed by atoms with Gasteiger partial charge >= 0.3 is 0 Å². The molecular weight excluding hydrogens is 404 g/mol. The monoisotopic (exact) mass is 424 g/mol. The van der Waals surface area contributed by atoms with Crippen LogP contribution in [0.1, 0.15) is 23.5 Å². The van der Waals surface area contributed by atoms with Gasteiger partial charge in [0.25, 0.3) is 0 Å². The molecule has 1 aliphatic heterocycles. The fourth-order valence-corrected chi connectivity index (χ4v) is 4.50. The van der Waals surface area contributed by atoms with Crippen molar-refractivity contribution in [2.24, 2.45) is 0 Å². The van der Waals surface area contributed by atoms with Gasteiger partial charge in [-0.1, -0.05) is 23.7 Å². The van der Waals surface area contributed by atoms with Crippen molar-refractivity contribution >= 4 is 45.7 Å². The van der Waals surface area contributed by atoms with Gasteiger partial charge in [-0.15, -0.1) is 11.3 Å². The number of aromatic amines is 1. The molecule has 0 spiro atoms. The Bertz CT molecular complexity index is 1140. The molecular formula is C21H21ClN6S. The summed E-state index contributed by atoms with van der Waals surface area (Å²) in [6.45, 7) is 4.69. The summed E-state index contributed by atoms with van der Waals surface area (Å²) in [5, 5.41) is 8.31. The Morgan fingerprint density at radius 2 is 1.93 bits per heavy atom. The van der Waals surface area contributed by atoms with Gasteiger partial charge in [0.2, 0.25) is 5.95 Å². The van der Waals surface area contributed by atoms with Crippen LogP contribution in [-0.4, -0.2) is 33.0 Å². The molecule has 6 nitrogen and oxygen atoms in total. The summed E-state index contributed by atoms with van der Waals surface area (Å²) >= 11 is 7.62. The fraction of sp³-hybridized carbons (Fsp3) is 0.286. The number of halogens is 1. The molecule has 3 aromatic heterocycles. The molecule has 8 heteroatoms. The number of hydrogen-bond donors (Lipinski definition) is 2. The first-order valence-corrected chi connectivity index (χ1v) is 11.0. The minimum Gasteiger partial charge on any atom is -0.363 e. The molecule has 0 bridgehead atoms. The lowest BCUT2D eigenvalue weighted by Crippen LogP contribution is -2.21. The van der Waals surface area contributed by atoms with Gasteiger partial charge in [0.05, 0.1) is 17.6 Å². The first-order chi connectivity index (χ1) is 14.2. The number of H-pyrrole nitrogens is 1. The van der Waals surface area contributed by atoms with E-state index in [0.29, 0.717) is 6.54 Å². The molecule has 29 heavy (non-hydrogen) atoms. The molecule has 1 fully saturated rings. The Balaban J connectivity index is 1.39. The molecule has 1 saturated heterocycles. The highest BCUT2D eigenvalue weighted by atomic mass is 35.5. The molecule has 2 N–H and O–H groups in total. The quantitative estimate of drug-likeness (QED) is 0.457. The number of benzene rings is 1. The van der Waals surface area contributed by atoms with Crippen LogP contribution in [0.3, 0.4) is 0 Å². The van der Waals surface area contributed by atoms with E-state index in [1.54, 1.807) is 11.3 Å². The molecule has 1 aliphatic rings. The second-order valence-electron chi connectivity index (χ2n) is 7.27. The third-order valence-corrected chi connectivity index (χ3v) is 6.20. The van der Waals surface area contributed by atoms with Crippen LogP contribution in [0.2, 0.25) is 5.02 Å². The van der Waals surface area contributed by atoms with Crippen molar-refractivity contribution in [1.82, 2.24) is 19.9 Å². The van der Waals surface area contributed by atoms with Crippen LogP contribution >= 0.6 is 22.9 Å². The van der Waals surface area contributed by atoms with Crippen molar-refractivity contribution in [1.29, 1.82) is 0 Å². The Morgan fingerprint density at radius 3 is 2.72 bits per heavy atom. The van der Waals surface area contributed by atoms with E-state index in [1.807, 2.05) is 31.2 Å². The first-order valence-electron chi connectivity index (χ1n) is 9.72. The lowest BCUT2D eigenvalue weighted by Gasteiger charge is -2.16. The number of nitrogens with zero attached hydrogens (tertiary/aromatic N) is 4. The number of fused-ring (bicyclic) bond motifs is 1. The largest absolute Gasteiger partial charge is 0.363 e. The minimum atomic E-state index is 0.619. The van der Waals surface area contributed by atoms with Crippen molar-refractivity contribution in [2.45, 2.75) is 26.3 Å². The van der Waals surface area contributed by atoms with Gasteiger partial charge in [-0.05, 0) is 38.0 Å². The zero-order valence-electron chi connectivity index (χ0n) is 16.1. The summed E-state index contributed by atoms with van der Waals surface area (Å²) in [7, 11) is 0. The van der Waals surface area contributed by atoms with E-state index in [-0.39, 0.29) is 0 Å². The molecule has 0 amide bonds. The molecule has 0 atom stereocenters. The van der Waals surface area contributed by atoms with E-state index in [2.05, 4.69) is 26.6 Å². The van der Waals surface area contributed by atoms with Gasteiger partial charge in [0.15, 0.2) is 0 Å². The normalized spacial score (nSPS) is 14.1. The van der Waals surface area contributed by atoms with E-state index in [1.165, 1.54) is 12.8 Å². The maximum Gasteiger partial charge on any atom is 0.229 e. The number of nitrogens with one attached hydrogen (secondary N) is 2. The molecule has 0 radical (unpaired) electrons. The third-order valence-electron chi connectivity index (χ3n) is 5.10. The van der Waals surface area contributed by atoms with E-state index in [0.717, 1.165) is 62.9 Å². The smallest absolute Gasteiger partial charge is 0.229 e. The summed E-state index contributed by atoms with van der Waals surface area (Å²) in [5.74, 6) is 1.64. The lowest BCUT2D eigenvalue weighted by molar-refractivity contribution is 0.903. The number of hydrogen-bond acceptors (Lipinski definition) is 6. The Morgan fingerprint density at radius 1 is 1.14 bits per heavy atom. The van der Waals surface area contributed by atoms with E-state index < -0.39 is 0 Å². The van der Waals surface area contributed by atoms with Crippen LogP contribution < -0.4 is 10.2 Å². The van der Waals surface area contributed by atoms with Crippen molar-refractivity contribution in [3.8, 4) is 11.3 Å². The third kappa shape index (κ3) is 3.80. The van der Waals surface area contributed by atoms with Gasteiger partial charge in [-0.2, -0.15) is 9.97 Å². The predicted octanol–water partition coefficient (Wildman–Crippen LogP) is 5.26. The molecule has 4 aromatic rings. The number of thiazole rings is 1. The van der Waals surface area contributed by atoms with Crippen LogP contribution in [0, 0.1) is 6.92 Å². The highest BCUT2D eigenvalue weighted by Crippen LogP contribution is 2.28. The van der Waals surface area contributed by atoms with Crippen LogP contribution in [0.5, 0.6) is 0 Å². The van der Waals surface area contributed by atoms with E-state index >= 15 is 0 Å². The van der Waals surface area contributed by atoms with Crippen molar-refractivity contribution in [3.63, 3.8) is 0 Å². The Kier molecular flexibility index (Phi) is 4.85. The average Bonchev–Trinajstić information content (AvgIpc) is 3.46. The molecule has 4 heterocycles. The number of aryl methyl sites for hydroxylation is 1. The van der Waals surface area contributed by atoms with Crippen molar-refractivity contribution in [3.05, 3.63) is 51.4 Å². The molecule has 0 saturated carbocycles. The summed E-state index contributed by atoms with van der Waals surface area (Å²) in [5.41, 5.74) is 3.99. The molecule has 0 aliphatic carbocycles. The minimum absolute atomic E-state index is 0.619. The summed E-state index contributed by atoms with van der Waals surface area (Å²) < 4.78 is 0. The Hall–Kier alpha value is -2.64. The lowest BCUT2D eigenvalue weighted by atomic mass is 10.2. The van der Waals surface area contributed by atoms with Crippen molar-refractivity contribution < 1.29 is 0 Å². The summed E-state index contributed by atoms with van der Waals surface area (Å²) in [6, 6.07) is 9.85. The van der Waals surface area contributed by atoms with Gasteiger partial charge < -0.3 is 15.2 Å². The van der Waals surface area contributed by atoms with Gasteiger partial charge in [0, 0.05) is 34.7 Å².